The smallest absolute Gasteiger partial charge is 0.0897 e. The first-order valence-corrected chi connectivity index (χ1v) is 6.71. The van der Waals surface area contributed by atoms with Crippen LogP contribution in [0.15, 0.2) is 23.6 Å². The lowest BCUT2D eigenvalue weighted by Gasteiger charge is -2.07. The quantitative estimate of drug-likeness (QED) is 0.894. The summed E-state index contributed by atoms with van der Waals surface area (Å²) < 4.78 is 0. The minimum absolute atomic E-state index is 0.845. The van der Waals surface area contributed by atoms with Crippen LogP contribution in [0.3, 0.4) is 0 Å². The van der Waals surface area contributed by atoms with Crippen molar-refractivity contribution >= 4 is 11.3 Å². The van der Waals surface area contributed by atoms with Crippen LogP contribution < -0.4 is 5.32 Å². The van der Waals surface area contributed by atoms with Crippen molar-refractivity contribution in [1.82, 2.24) is 10.3 Å². The van der Waals surface area contributed by atoms with Gasteiger partial charge in [-0.2, -0.15) is 0 Å². The molecular weight excluding hydrogens is 228 g/mol. The SMILES string of the molecule is Cc1ccc(C)c(CNCc2csc(C)n2)c1. The maximum absolute atomic E-state index is 4.44. The Balaban J connectivity index is 1.91. The Bertz CT molecular complexity index is 503. The van der Waals surface area contributed by atoms with E-state index >= 15 is 0 Å². The van der Waals surface area contributed by atoms with Crippen LogP contribution in [0, 0.1) is 20.8 Å². The topological polar surface area (TPSA) is 24.9 Å². The third kappa shape index (κ3) is 3.38. The zero-order valence-corrected chi connectivity index (χ0v) is 11.4. The molecule has 1 aromatic heterocycles. The number of hydrogen-bond donors (Lipinski definition) is 1. The van der Waals surface area contributed by atoms with Gasteiger partial charge in [0.05, 0.1) is 10.7 Å². The van der Waals surface area contributed by atoms with Crippen LogP contribution in [-0.2, 0) is 13.1 Å². The van der Waals surface area contributed by atoms with Crippen LogP contribution in [0.1, 0.15) is 27.4 Å². The lowest BCUT2D eigenvalue weighted by Crippen LogP contribution is -2.13. The summed E-state index contributed by atoms with van der Waals surface area (Å²) in [5.41, 5.74) is 5.17. The molecule has 0 unspecified atom stereocenters. The van der Waals surface area contributed by atoms with E-state index < -0.39 is 0 Å². The summed E-state index contributed by atoms with van der Waals surface area (Å²) in [6, 6.07) is 6.58. The predicted octanol–water partition coefficient (Wildman–Crippen LogP) is 3.36. The summed E-state index contributed by atoms with van der Waals surface area (Å²) in [4.78, 5) is 4.44. The number of nitrogens with zero attached hydrogens (tertiary/aromatic N) is 1. The fourth-order valence-corrected chi connectivity index (χ4v) is 2.42. The Hall–Kier alpha value is -1.19. The number of aromatic nitrogens is 1. The first kappa shape index (κ1) is 12.3. The van der Waals surface area contributed by atoms with Gasteiger partial charge in [-0.1, -0.05) is 23.8 Å². The van der Waals surface area contributed by atoms with E-state index in [9.17, 15) is 0 Å². The van der Waals surface area contributed by atoms with E-state index in [1.807, 2.05) is 6.92 Å². The zero-order valence-electron chi connectivity index (χ0n) is 10.6. The standard InChI is InChI=1S/C14H18N2S/c1-10-4-5-11(2)13(6-10)7-15-8-14-9-17-12(3)16-14/h4-6,9,15H,7-8H2,1-3H3. The van der Waals surface area contributed by atoms with Crippen LogP contribution in [0.5, 0.6) is 0 Å². The summed E-state index contributed by atoms with van der Waals surface area (Å²) in [5, 5.41) is 6.69. The molecule has 1 N–H and O–H groups in total. The lowest BCUT2D eigenvalue weighted by molar-refractivity contribution is 0.679. The first-order chi connectivity index (χ1) is 8.15. The van der Waals surface area contributed by atoms with E-state index in [0.29, 0.717) is 0 Å². The molecule has 17 heavy (non-hydrogen) atoms. The molecule has 0 saturated heterocycles. The van der Waals surface area contributed by atoms with E-state index in [1.54, 1.807) is 11.3 Å². The minimum Gasteiger partial charge on any atom is -0.307 e. The molecule has 2 nitrogen and oxygen atoms in total. The molecule has 1 aromatic carbocycles. The van der Waals surface area contributed by atoms with Gasteiger partial charge in [-0.3, -0.25) is 0 Å². The zero-order chi connectivity index (χ0) is 12.3. The first-order valence-electron chi connectivity index (χ1n) is 5.83. The second kappa shape index (κ2) is 5.43. The normalized spacial score (nSPS) is 10.8. The van der Waals surface area contributed by atoms with Gasteiger partial charge in [0.25, 0.3) is 0 Å². The van der Waals surface area contributed by atoms with Crippen molar-refractivity contribution in [1.29, 1.82) is 0 Å². The molecule has 0 spiro atoms. The van der Waals surface area contributed by atoms with Crippen molar-refractivity contribution < 1.29 is 0 Å². The highest BCUT2D eigenvalue weighted by Crippen LogP contribution is 2.11. The molecule has 0 amide bonds. The summed E-state index contributed by atoms with van der Waals surface area (Å²) in [5.74, 6) is 0. The number of nitrogens with one attached hydrogen (secondary N) is 1. The molecule has 0 fully saturated rings. The highest BCUT2D eigenvalue weighted by molar-refractivity contribution is 7.09. The summed E-state index contributed by atoms with van der Waals surface area (Å²) in [6.45, 7) is 8.08. The molecular formula is C14H18N2S. The Morgan fingerprint density at radius 2 is 2.00 bits per heavy atom. The second-order valence-electron chi connectivity index (χ2n) is 4.39. The molecule has 90 valence electrons. The number of aryl methyl sites for hydroxylation is 3. The van der Waals surface area contributed by atoms with Gasteiger partial charge < -0.3 is 5.32 Å². The highest BCUT2D eigenvalue weighted by Gasteiger charge is 2.00. The van der Waals surface area contributed by atoms with Crippen molar-refractivity contribution in [3.05, 3.63) is 51.0 Å². The van der Waals surface area contributed by atoms with Gasteiger partial charge in [-0.05, 0) is 31.9 Å². The van der Waals surface area contributed by atoms with Crippen molar-refractivity contribution in [2.75, 3.05) is 0 Å². The van der Waals surface area contributed by atoms with Crippen molar-refractivity contribution in [2.45, 2.75) is 33.9 Å². The van der Waals surface area contributed by atoms with Gasteiger partial charge in [0.1, 0.15) is 0 Å². The monoisotopic (exact) mass is 246 g/mol. The minimum atomic E-state index is 0.845. The molecule has 0 radical (unpaired) electrons. The van der Waals surface area contributed by atoms with Crippen LogP contribution >= 0.6 is 11.3 Å². The molecule has 0 aliphatic carbocycles. The van der Waals surface area contributed by atoms with E-state index in [0.717, 1.165) is 23.8 Å². The fraction of sp³-hybridized carbons (Fsp3) is 0.357. The summed E-state index contributed by atoms with van der Waals surface area (Å²) in [6.07, 6.45) is 0. The molecule has 0 aliphatic heterocycles. The predicted molar refractivity (Wildman–Crippen MR) is 73.3 cm³/mol. The van der Waals surface area contributed by atoms with Gasteiger partial charge in [0.15, 0.2) is 0 Å². The summed E-state index contributed by atoms with van der Waals surface area (Å²) >= 11 is 1.71. The Labute approximate surface area is 107 Å². The van der Waals surface area contributed by atoms with Crippen molar-refractivity contribution in [3.63, 3.8) is 0 Å². The van der Waals surface area contributed by atoms with Crippen molar-refractivity contribution in [2.24, 2.45) is 0 Å². The fourth-order valence-electron chi connectivity index (χ4n) is 1.81. The lowest BCUT2D eigenvalue weighted by atomic mass is 10.1. The Morgan fingerprint density at radius 1 is 1.18 bits per heavy atom. The van der Waals surface area contributed by atoms with Gasteiger partial charge in [-0.15, -0.1) is 11.3 Å². The van der Waals surface area contributed by atoms with Gasteiger partial charge in [0.2, 0.25) is 0 Å². The number of rotatable bonds is 4. The van der Waals surface area contributed by atoms with E-state index in [2.05, 4.69) is 47.7 Å². The van der Waals surface area contributed by atoms with E-state index in [-0.39, 0.29) is 0 Å². The van der Waals surface area contributed by atoms with Crippen LogP contribution in [-0.4, -0.2) is 4.98 Å². The number of hydrogen-bond acceptors (Lipinski definition) is 3. The number of thiazole rings is 1. The number of benzene rings is 1. The van der Waals surface area contributed by atoms with E-state index in [1.165, 1.54) is 16.7 Å². The second-order valence-corrected chi connectivity index (χ2v) is 5.45. The van der Waals surface area contributed by atoms with Gasteiger partial charge in [-0.25, -0.2) is 4.98 Å². The van der Waals surface area contributed by atoms with Crippen LogP contribution in [0.25, 0.3) is 0 Å². The van der Waals surface area contributed by atoms with Crippen LogP contribution in [0.4, 0.5) is 0 Å². The molecule has 0 bridgehead atoms. The summed E-state index contributed by atoms with van der Waals surface area (Å²) in [7, 11) is 0. The maximum Gasteiger partial charge on any atom is 0.0897 e. The average Bonchev–Trinajstić information content (AvgIpc) is 2.69. The van der Waals surface area contributed by atoms with Gasteiger partial charge >= 0.3 is 0 Å². The Kier molecular flexibility index (Phi) is 3.92. The molecule has 0 saturated carbocycles. The van der Waals surface area contributed by atoms with Gasteiger partial charge in [0, 0.05) is 18.5 Å². The van der Waals surface area contributed by atoms with Crippen LogP contribution in [0.2, 0.25) is 0 Å². The average molecular weight is 246 g/mol. The maximum atomic E-state index is 4.44. The molecule has 3 heteroatoms. The Morgan fingerprint density at radius 3 is 2.71 bits per heavy atom. The molecule has 0 aliphatic rings. The molecule has 1 heterocycles. The third-order valence-corrected chi connectivity index (χ3v) is 3.62. The third-order valence-electron chi connectivity index (χ3n) is 2.79. The highest BCUT2D eigenvalue weighted by atomic mass is 32.1. The largest absolute Gasteiger partial charge is 0.307 e. The van der Waals surface area contributed by atoms with Crippen molar-refractivity contribution in [3.8, 4) is 0 Å². The molecule has 0 atom stereocenters. The van der Waals surface area contributed by atoms with E-state index in [4.69, 9.17) is 0 Å². The molecule has 2 aromatic rings. The molecule has 2 rings (SSSR count).